The molecule has 2 saturated heterocycles. The molecule has 2 aliphatic heterocycles. The Hall–Kier alpha value is 0.270. The summed E-state index contributed by atoms with van der Waals surface area (Å²) in [5.74, 6) is 2.63. The van der Waals surface area contributed by atoms with Crippen LogP contribution in [0.25, 0.3) is 0 Å². The maximum Gasteiger partial charge on any atom is 0.0170 e. The molecule has 0 radical (unpaired) electrons. The number of rotatable bonds is 4. The number of nitrogens with one attached hydrogen (secondary N) is 1. The zero-order valence-corrected chi connectivity index (χ0v) is 11.4. The molecule has 0 amide bonds. The van der Waals surface area contributed by atoms with Gasteiger partial charge in [-0.2, -0.15) is 11.8 Å². The average Bonchev–Trinajstić information content (AvgIpc) is 2.38. The molecule has 2 unspecified atom stereocenters. The fourth-order valence-electron chi connectivity index (χ4n) is 2.94. The van der Waals surface area contributed by atoms with Crippen LogP contribution in [0.5, 0.6) is 0 Å². The summed E-state index contributed by atoms with van der Waals surface area (Å²) in [6, 6.07) is 1.66. The Morgan fingerprint density at radius 3 is 3.06 bits per heavy atom. The van der Waals surface area contributed by atoms with Gasteiger partial charge in [0.1, 0.15) is 0 Å². The highest BCUT2D eigenvalue weighted by Gasteiger charge is 2.22. The molecule has 0 bridgehead atoms. The van der Waals surface area contributed by atoms with Crippen molar-refractivity contribution in [3.63, 3.8) is 0 Å². The van der Waals surface area contributed by atoms with Gasteiger partial charge < -0.3 is 10.2 Å². The van der Waals surface area contributed by atoms with Crippen LogP contribution in [0.1, 0.15) is 39.0 Å². The van der Waals surface area contributed by atoms with Gasteiger partial charge in [0.05, 0.1) is 0 Å². The molecule has 0 aromatic rings. The van der Waals surface area contributed by atoms with E-state index in [0.717, 1.165) is 12.1 Å². The van der Waals surface area contributed by atoms with Crippen LogP contribution in [0.3, 0.4) is 0 Å². The highest BCUT2D eigenvalue weighted by Crippen LogP contribution is 2.20. The highest BCUT2D eigenvalue weighted by atomic mass is 32.2. The van der Waals surface area contributed by atoms with Gasteiger partial charge >= 0.3 is 0 Å². The standard InChI is InChI=1S/C13H26N2S/c1-2-13-5-3-4-8-15(13)9-6-12-11-16-10-7-14-12/h12-14H,2-11H2,1H3. The van der Waals surface area contributed by atoms with Gasteiger partial charge in [0.2, 0.25) is 0 Å². The minimum absolute atomic E-state index is 0.776. The largest absolute Gasteiger partial charge is 0.312 e. The quantitative estimate of drug-likeness (QED) is 0.815. The van der Waals surface area contributed by atoms with Gasteiger partial charge in [-0.25, -0.2) is 0 Å². The Morgan fingerprint density at radius 2 is 2.31 bits per heavy atom. The molecule has 0 spiro atoms. The molecule has 2 fully saturated rings. The first-order valence-electron chi connectivity index (χ1n) is 6.95. The number of piperidine rings is 1. The van der Waals surface area contributed by atoms with E-state index in [0.29, 0.717) is 0 Å². The summed E-state index contributed by atoms with van der Waals surface area (Å²) >= 11 is 2.12. The lowest BCUT2D eigenvalue weighted by molar-refractivity contribution is 0.138. The van der Waals surface area contributed by atoms with Crippen molar-refractivity contribution < 1.29 is 0 Å². The van der Waals surface area contributed by atoms with E-state index in [1.54, 1.807) is 0 Å². The minimum Gasteiger partial charge on any atom is -0.312 e. The first kappa shape index (κ1) is 12.7. The molecule has 0 aromatic carbocycles. The number of hydrogen-bond acceptors (Lipinski definition) is 3. The van der Waals surface area contributed by atoms with Gasteiger partial charge in [0.25, 0.3) is 0 Å². The summed E-state index contributed by atoms with van der Waals surface area (Å²) in [4.78, 5) is 2.74. The van der Waals surface area contributed by atoms with E-state index < -0.39 is 0 Å². The Bertz CT molecular complexity index is 192. The van der Waals surface area contributed by atoms with Crippen molar-refractivity contribution in [2.24, 2.45) is 0 Å². The normalized spacial score (nSPS) is 32.8. The Kier molecular flexibility index (Phi) is 5.46. The Balaban J connectivity index is 1.70. The predicted octanol–water partition coefficient (Wildman–Crippen LogP) is 2.35. The van der Waals surface area contributed by atoms with E-state index in [1.807, 2.05) is 0 Å². The van der Waals surface area contributed by atoms with Gasteiger partial charge in [-0.15, -0.1) is 0 Å². The number of thioether (sulfide) groups is 1. The van der Waals surface area contributed by atoms with E-state index in [9.17, 15) is 0 Å². The molecule has 0 aliphatic carbocycles. The van der Waals surface area contributed by atoms with E-state index >= 15 is 0 Å². The SMILES string of the molecule is CCC1CCCCN1CCC1CSCCN1. The van der Waals surface area contributed by atoms with Crippen molar-refractivity contribution in [2.75, 3.05) is 31.1 Å². The summed E-state index contributed by atoms with van der Waals surface area (Å²) in [5, 5.41) is 3.64. The smallest absolute Gasteiger partial charge is 0.0170 e. The van der Waals surface area contributed by atoms with Crippen molar-refractivity contribution in [1.29, 1.82) is 0 Å². The van der Waals surface area contributed by atoms with Crippen molar-refractivity contribution in [1.82, 2.24) is 10.2 Å². The molecule has 2 rings (SSSR count). The Labute approximate surface area is 105 Å². The van der Waals surface area contributed by atoms with Gasteiger partial charge in [-0.05, 0) is 38.8 Å². The van der Waals surface area contributed by atoms with Crippen molar-refractivity contribution in [3.8, 4) is 0 Å². The molecular formula is C13H26N2S. The molecule has 2 nitrogen and oxygen atoms in total. The first-order chi connectivity index (χ1) is 7.90. The molecule has 0 saturated carbocycles. The Morgan fingerprint density at radius 1 is 1.38 bits per heavy atom. The summed E-state index contributed by atoms with van der Waals surface area (Å²) in [7, 11) is 0. The van der Waals surface area contributed by atoms with E-state index in [-0.39, 0.29) is 0 Å². The zero-order chi connectivity index (χ0) is 11.2. The van der Waals surface area contributed by atoms with E-state index in [2.05, 4.69) is 28.9 Å². The van der Waals surface area contributed by atoms with Crippen LogP contribution in [-0.4, -0.2) is 48.1 Å². The number of nitrogens with zero attached hydrogens (tertiary/aromatic N) is 1. The third-order valence-electron chi connectivity index (χ3n) is 3.98. The monoisotopic (exact) mass is 242 g/mol. The second-order valence-electron chi connectivity index (χ2n) is 5.11. The molecule has 1 N–H and O–H groups in total. The lowest BCUT2D eigenvalue weighted by Crippen LogP contribution is -2.44. The summed E-state index contributed by atoms with van der Waals surface area (Å²) in [5.41, 5.74) is 0. The second kappa shape index (κ2) is 6.87. The number of likely N-dealkylation sites (tertiary alicyclic amines) is 1. The van der Waals surface area contributed by atoms with Crippen LogP contribution in [0.4, 0.5) is 0 Å². The highest BCUT2D eigenvalue weighted by molar-refractivity contribution is 7.99. The third kappa shape index (κ3) is 3.64. The molecule has 2 aliphatic rings. The van der Waals surface area contributed by atoms with Gasteiger partial charge in [-0.1, -0.05) is 13.3 Å². The van der Waals surface area contributed by atoms with Crippen molar-refractivity contribution in [3.05, 3.63) is 0 Å². The molecule has 0 aromatic heterocycles. The van der Waals surface area contributed by atoms with Gasteiger partial charge in [0.15, 0.2) is 0 Å². The maximum absolute atomic E-state index is 3.64. The lowest BCUT2D eigenvalue weighted by atomic mass is 9.99. The topological polar surface area (TPSA) is 15.3 Å². The minimum atomic E-state index is 0.776. The predicted molar refractivity (Wildman–Crippen MR) is 73.2 cm³/mol. The molecule has 16 heavy (non-hydrogen) atoms. The third-order valence-corrected chi connectivity index (χ3v) is 5.11. The second-order valence-corrected chi connectivity index (χ2v) is 6.26. The van der Waals surface area contributed by atoms with Crippen LogP contribution < -0.4 is 5.32 Å². The van der Waals surface area contributed by atoms with Crippen molar-refractivity contribution in [2.45, 2.75) is 51.1 Å². The maximum atomic E-state index is 3.64. The van der Waals surface area contributed by atoms with Gasteiger partial charge in [-0.3, -0.25) is 0 Å². The van der Waals surface area contributed by atoms with E-state index in [4.69, 9.17) is 0 Å². The van der Waals surface area contributed by atoms with E-state index in [1.165, 1.54) is 63.2 Å². The molecular weight excluding hydrogens is 216 g/mol. The molecule has 2 atom stereocenters. The summed E-state index contributed by atoms with van der Waals surface area (Å²) in [6.45, 7) is 6.22. The fourth-order valence-corrected chi connectivity index (χ4v) is 3.94. The molecule has 3 heteroatoms. The average molecular weight is 242 g/mol. The number of hydrogen-bond donors (Lipinski definition) is 1. The lowest BCUT2D eigenvalue weighted by Gasteiger charge is -2.36. The van der Waals surface area contributed by atoms with Crippen LogP contribution in [0, 0.1) is 0 Å². The fraction of sp³-hybridized carbons (Fsp3) is 1.00. The summed E-state index contributed by atoms with van der Waals surface area (Å²) < 4.78 is 0. The zero-order valence-electron chi connectivity index (χ0n) is 10.6. The van der Waals surface area contributed by atoms with Crippen LogP contribution in [-0.2, 0) is 0 Å². The summed E-state index contributed by atoms with van der Waals surface area (Å²) in [6.07, 6.45) is 7.00. The van der Waals surface area contributed by atoms with Crippen LogP contribution >= 0.6 is 11.8 Å². The van der Waals surface area contributed by atoms with Crippen LogP contribution in [0.2, 0.25) is 0 Å². The van der Waals surface area contributed by atoms with Crippen molar-refractivity contribution >= 4 is 11.8 Å². The van der Waals surface area contributed by atoms with Gasteiger partial charge in [0, 0.05) is 30.1 Å². The molecule has 2 heterocycles. The van der Waals surface area contributed by atoms with Crippen LogP contribution in [0.15, 0.2) is 0 Å². The molecule has 94 valence electrons. The first-order valence-corrected chi connectivity index (χ1v) is 8.11.